The van der Waals surface area contributed by atoms with Crippen molar-refractivity contribution in [3.05, 3.63) is 56.7 Å². The first kappa shape index (κ1) is 17.8. The number of carbonyl (C=O) groups is 1. The molecule has 0 bridgehead atoms. The molecule has 0 radical (unpaired) electrons. The standard InChI is InChI=1S/C16H17ClF2N2OS/c1-21(9-11-5-6-15(17)23-11)10-16(22)20-8-7-12-13(18)3-2-4-14(12)19/h2-6H,7-10H2,1H3,(H,20,22). The van der Waals surface area contributed by atoms with Crippen LogP contribution in [0.5, 0.6) is 0 Å². The molecule has 7 heteroatoms. The van der Waals surface area contributed by atoms with E-state index in [9.17, 15) is 13.6 Å². The molecule has 0 spiro atoms. The lowest BCUT2D eigenvalue weighted by Crippen LogP contribution is -2.35. The molecule has 0 unspecified atom stereocenters. The minimum absolute atomic E-state index is 0.00520. The molecule has 0 atom stereocenters. The molecule has 1 N–H and O–H groups in total. The van der Waals surface area contributed by atoms with Crippen molar-refractivity contribution in [1.82, 2.24) is 10.2 Å². The minimum atomic E-state index is -0.592. The molecule has 3 nitrogen and oxygen atoms in total. The summed E-state index contributed by atoms with van der Waals surface area (Å²) in [5.41, 5.74) is -0.00520. The third-order valence-corrected chi connectivity index (χ3v) is 4.44. The Bertz CT molecular complexity index is 658. The van der Waals surface area contributed by atoms with Crippen LogP contribution in [-0.4, -0.2) is 30.9 Å². The first-order valence-electron chi connectivity index (χ1n) is 7.08. The van der Waals surface area contributed by atoms with Crippen LogP contribution in [0, 0.1) is 11.6 Å². The van der Waals surface area contributed by atoms with Gasteiger partial charge in [0.15, 0.2) is 0 Å². The predicted octanol–water partition coefficient (Wildman–Crippen LogP) is 3.47. The van der Waals surface area contributed by atoms with Crippen LogP contribution in [0.1, 0.15) is 10.4 Å². The van der Waals surface area contributed by atoms with Crippen molar-refractivity contribution in [2.75, 3.05) is 20.1 Å². The number of rotatable bonds is 7. The van der Waals surface area contributed by atoms with Gasteiger partial charge >= 0.3 is 0 Å². The average Bonchev–Trinajstić information content (AvgIpc) is 2.87. The molecule has 0 aliphatic heterocycles. The summed E-state index contributed by atoms with van der Waals surface area (Å²) in [6, 6.07) is 7.47. The monoisotopic (exact) mass is 358 g/mol. The van der Waals surface area contributed by atoms with Gasteiger partial charge < -0.3 is 5.32 Å². The summed E-state index contributed by atoms with van der Waals surface area (Å²) >= 11 is 7.33. The van der Waals surface area contributed by atoms with Crippen molar-refractivity contribution in [3.8, 4) is 0 Å². The first-order valence-corrected chi connectivity index (χ1v) is 8.27. The molecule has 0 aliphatic rings. The molecular formula is C16H17ClF2N2OS. The van der Waals surface area contributed by atoms with Crippen molar-refractivity contribution in [2.45, 2.75) is 13.0 Å². The fourth-order valence-corrected chi connectivity index (χ4v) is 3.33. The zero-order chi connectivity index (χ0) is 16.8. The van der Waals surface area contributed by atoms with E-state index in [1.165, 1.54) is 29.5 Å². The molecule has 0 saturated heterocycles. The van der Waals surface area contributed by atoms with Crippen LogP contribution in [0.4, 0.5) is 8.78 Å². The average molecular weight is 359 g/mol. The van der Waals surface area contributed by atoms with E-state index in [0.29, 0.717) is 10.9 Å². The summed E-state index contributed by atoms with van der Waals surface area (Å²) in [4.78, 5) is 14.8. The van der Waals surface area contributed by atoms with E-state index >= 15 is 0 Å². The summed E-state index contributed by atoms with van der Waals surface area (Å²) in [7, 11) is 1.82. The van der Waals surface area contributed by atoms with E-state index in [0.717, 1.165) is 4.88 Å². The maximum atomic E-state index is 13.5. The van der Waals surface area contributed by atoms with Crippen LogP contribution < -0.4 is 5.32 Å². The molecule has 124 valence electrons. The van der Waals surface area contributed by atoms with Crippen molar-refractivity contribution < 1.29 is 13.6 Å². The zero-order valence-corrected chi connectivity index (χ0v) is 14.2. The van der Waals surface area contributed by atoms with E-state index in [2.05, 4.69) is 5.32 Å². The number of benzene rings is 1. The number of hydrogen-bond donors (Lipinski definition) is 1. The molecule has 0 saturated carbocycles. The van der Waals surface area contributed by atoms with Gasteiger partial charge in [0.2, 0.25) is 5.91 Å². The van der Waals surface area contributed by atoms with Gasteiger partial charge in [-0.15, -0.1) is 11.3 Å². The van der Waals surface area contributed by atoms with Gasteiger partial charge in [0.05, 0.1) is 10.9 Å². The Balaban J connectivity index is 1.74. The molecular weight excluding hydrogens is 342 g/mol. The Morgan fingerprint density at radius 2 is 1.96 bits per heavy atom. The lowest BCUT2D eigenvalue weighted by Gasteiger charge is -2.15. The quantitative estimate of drug-likeness (QED) is 0.822. The van der Waals surface area contributed by atoms with Crippen molar-refractivity contribution >= 4 is 28.8 Å². The number of nitrogens with one attached hydrogen (secondary N) is 1. The predicted molar refractivity (Wildman–Crippen MR) is 88.7 cm³/mol. The molecule has 0 fully saturated rings. The number of nitrogens with zero attached hydrogens (tertiary/aromatic N) is 1. The molecule has 1 heterocycles. The Hall–Kier alpha value is -1.50. The van der Waals surface area contributed by atoms with Crippen LogP contribution in [0.15, 0.2) is 30.3 Å². The van der Waals surface area contributed by atoms with Gasteiger partial charge in [0.25, 0.3) is 0 Å². The Morgan fingerprint density at radius 3 is 2.57 bits per heavy atom. The second-order valence-corrected chi connectivity index (χ2v) is 6.98. The number of likely N-dealkylation sites (N-methyl/N-ethyl adjacent to an activating group) is 1. The molecule has 0 aliphatic carbocycles. The maximum Gasteiger partial charge on any atom is 0.234 e. The minimum Gasteiger partial charge on any atom is -0.355 e. The number of carbonyl (C=O) groups excluding carboxylic acids is 1. The summed E-state index contributed by atoms with van der Waals surface area (Å²) in [6.07, 6.45) is 0.120. The van der Waals surface area contributed by atoms with Gasteiger partial charge in [-0.1, -0.05) is 17.7 Å². The highest BCUT2D eigenvalue weighted by atomic mass is 35.5. The Morgan fingerprint density at radius 1 is 1.26 bits per heavy atom. The maximum absolute atomic E-state index is 13.5. The van der Waals surface area contributed by atoms with Gasteiger partial charge in [0.1, 0.15) is 11.6 Å². The van der Waals surface area contributed by atoms with E-state index in [4.69, 9.17) is 11.6 Å². The van der Waals surface area contributed by atoms with Crippen LogP contribution in [0.2, 0.25) is 4.34 Å². The molecule has 2 aromatic rings. The fourth-order valence-electron chi connectivity index (χ4n) is 2.16. The lowest BCUT2D eigenvalue weighted by molar-refractivity contribution is -0.122. The Kier molecular flexibility index (Phi) is 6.50. The van der Waals surface area contributed by atoms with Gasteiger partial charge in [-0.25, -0.2) is 8.78 Å². The highest BCUT2D eigenvalue weighted by Gasteiger charge is 2.11. The van der Waals surface area contributed by atoms with Crippen molar-refractivity contribution in [1.29, 1.82) is 0 Å². The van der Waals surface area contributed by atoms with Crippen LogP contribution in [-0.2, 0) is 17.8 Å². The molecule has 1 aromatic heterocycles. The summed E-state index contributed by atoms with van der Waals surface area (Å²) in [6.45, 7) is 1.01. The summed E-state index contributed by atoms with van der Waals surface area (Å²) in [5.74, 6) is -1.37. The summed E-state index contributed by atoms with van der Waals surface area (Å²) < 4.78 is 27.6. The van der Waals surface area contributed by atoms with E-state index in [1.807, 2.05) is 24.1 Å². The third kappa shape index (κ3) is 5.57. The molecule has 2 rings (SSSR count). The van der Waals surface area contributed by atoms with Crippen LogP contribution in [0.25, 0.3) is 0 Å². The fraction of sp³-hybridized carbons (Fsp3) is 0.312. The zero-order valence-electron chi connectivity index (χ0n) is 12.6. The van der Waals surface area contributed by atoms with Gasteiger partial charge in [-0.05, 0) is 37.7 Å². The second kappa shape index (κ2) is 8.38. The number of hydrogen-bond acceptors (Lipinski definition) is 3. The smallest absolute Gasteiger partial charge is 0.234 e. The topological polar surface area (TPSA) is 32.3 Å². The molecule has 23 heavy (non-hydrogen) atoms. The molecule has 1 aromatic carbocycles. The lowest BCUT2D eigenvalue weighted by atomic mass is 10.1. The summed E-state index contributed by atoms with van der Waals surface area (Å²) in [5, 5.41) is 2.67. The van der Waals surface area contributed by atoms with E-state index < -0.39 is 11.6 Å². The highest BCUT2D eigenvalue weighted by Crippen LogP contribution is 2.22. The first-order chi connectivity index (χ1) is 11.0. The normalized spacial score (nSPS) is 11.0. The number of amides is 1. The van der Waals surface area contributed by atoms with E-state index in [1.54, 1.807) is 0 Å². The third-order valence-electron chi connectivity index (χ3n) is 3.23. The highest BCUT2D eigenvalue weighted by molar-refractivity contribution is 7.16. The van der Waals surface area contributed by atoms with Crippen LogP contribution >= 0.6 is 22.9 Å². The van der Waals surface area contributed by atoms with Gasteiger partial charge in [0, 0.05) is 23.5 Å². The largest absolute Gasteiger partial charge is 0.355 e. The SMILES string of the molecule is CN(CC(=O)NCCc1c(F)cccc1F)Cc1ccc(Cl)s1. The van der Waals surface area contributed by atoms with E-state index in [-0.39, 0.29) is 31.0 Å². The van der Waals surface area contributed by atoms with Gasteiger partial charge in [-0.2, -0.15) is 0 Å². The second-order valence-electron chi connectivity index (χ2n) is 5.18. The van der Waals surface area contributed by atoms with Crippen LogP contribution in [0.3, 0.4) is 0 Å². The van der Waals surface area contributed by atoms with Crippen molar-refractivity contribution in [2.24, 2.45) is 0 Å². The molecule has 1 amide bonds. The Labute approximate surface area is 142 Å². The van der Waals surface area contributed by atoms with Crippen molar-refractivity contribution in [3.63, 3.8) is 0 Å². The van der Waals surface area contributed by atoms with Gasteiger partial charge in [-0.3, -0.25) is 9.69 Å². The number of thiophene rings is 1. The number of halogens is 3.